The van der Waals surface area contributed by atoms with Crippen molar-refractivity contribution in [2.75, 3.05) is 6.54 Å². The molecule has 0 spiro atoms. The predicted octanol–water partition coefficient (Wildman–Crippen LogP) is 1.46. The van der Waals surface area contributed by atoms with Crippen molar-refractivity contribution < 1.29 is 4.79 Å². The first-order valence-corrected chi connectivity index (χ1v) is 6.10. The van der Waals surface area contributed by atoms with Gasteiger partial charge in [-0.05, 0) is 33.6 Å². The van der Waals surface area contributed by atoms with Crippen LogP contribution in [-0.2, 0) is 4.79 Å². The van der Waals surface area contributed by atoms with Gasteiger partial charge in [0.05, 0.1) is 17.8 Å². The normalized spacial score (nSPS) is 20.7. The molecular formula is C12H21ClN4O. The molecule has 0 radical (unpaired) electrons. The monoisotopic (exact) mass is 272 g/mol. The van der Waals surface area contributed by atoms with Crippen molar-refractivity contribution in [3.05, 3.63) is 17.0 Å². The molecule has 1 aromatic heterocycles. The smallest absolute Gasteiger partial charge is 0.239 e. The Hall–Kier alpha value is -1.07. The summed E-state index contributed by atoms with van der Waals surface area (Å²) in [5.74, 6) is 0.0347. The summed E-state index contributed by atoms with van der Waals surface area (Å²) in [6.07, 6.45) is 2.03. The van der Waals surface area contributed by atoms with E-state index in [2.05, 4.69) is 10.2 Å². The molecule has 1 amide bonds. The zero-order chi connectivity index (χ0) is 12.6. The molecule has 18 heavy (non-hydrogen) atoms. The molecular weight excluding hydrogens is 252 g/mol. The number of aromatic amines is 1. The quantitative estimate of drug-likeness (QED) is 0.856. The molecule has 0 aromatic carbocycles. The maximum absolute atomic E-state index is 12.0. The van der Waals surface area contributed by atoms with E-state index in [1.165, 1.54) is 0 Å². The summed E-state index contributed by atoms with van der Waals surface area (Å²) in [6.45, 7) is 6.52. The molecule has 1 aliphatic heterocycles. The van der Waals surface area contributed by atoms with Gasteiger partial charge in [-0.25, -0.2) is 0 Å². The molecule has 0 saturated carbocycles. The minimum atomic E-state index is -0.428. The third-order valence-corrected chi connectivity index (χ3v) is 3.44. The van der Waals surface area contributed by atoms with E-state index in [-0.39, 0.29) is 24.4 Å². The van der Waals surface area contributed by atoms with Crippen LogP contribution in [0.3, 0.4) is 0 Å². The summed E-state index contributed by atoms with van der Waals surface area (Å²) < 4.78 is 0. The van der Waals surface area contributed by atoms with E-state index in [0.717, 1.165) is 36.3 Å². The van der Waals surface area contributed by atoms with E-state index in [1.54, 1.807) is 6.92 Å². The molecule has 3 N–H and O–H groups in total. The fraction of sp³-hybridized carbons (Fsp3) is 0.667. The Kier molecular flexibility index (Phi) is 4.76. The first kappa shape index (κ1) is 15.0. The lowest BCUT2D eigenvalue weighted by Gasteiger charge is -2.26. The Labute approximate surface area is 114 Å². The minimum absolute atomic E-state index is 0. The summed E-state index contributed by atoms with van der Waals surface area (Å²) in [6, 6.07) is -0.282. The van der Waals surface area contributed by atoms with Crippen molar-refractivity contribution in [2.24, 2.45) is 5.73 Å². The summed E-state index contributed by atoms with van der Waals surface area (Å²) in [4.78, 5) is 13.9. The predicted molar refractivity (Wildman–Crippen MR) is 72.6 cm³/mol. The van der Waals surface area contributed by atoms with E-state index >= 15 is 0 Å². The van der Waals surface area contributed by atoms with Crippen LogP contribution in [0.4, 0.5) is 0 Å². The second-order valence-electron chi connectivity index (χ2n) is 4.83. The van der Waals surface area contributed by atoms with Crippen molar-refractivity contribution in [1.29, 1.82) is 0 Å². The van der Waals surface area contributed by atoms with E-state index in [9.17, 15) is 4.79 Å². The number of H-pyrrole nitrogens is 1. The van der Waals surface area contributed by atoms with Gasteiger partial charge in [-0.15, -0.1) is 12.4 Å². The van der Waals surface area contributed by atoms with Crippen LogP contribution in [0.2, 0.25) is 0 Å². The number of likely N-dealkylation sites (tertiary alicyclic amines) is 1. The zero-order valence-corrected chi connectivity index (χ0v) is 11.9. The van der Waals surface area contributed by atoms with Gasteiger partial charge in [-0.2, -0.15) is 5.10 Å². The molecule has 2 heterocycles. The van der Waals surface area contributed by atoms with Gasteiger partial charge in [0.25, 0.3) is 0 Å². The number of nitrogens with one attached hydrogen (secondary N) is 1. The molecule has 1 saturated heterocycles. The average Bonchev–Trinajstić information content (AvgIpc) is 2.84. The maximum Gasteiger partial charge on any atom is 0.239 e. The first-order chi connectivity index (χ1) is 8.02. The van der Waals surface area contributed by atoms with Gasteiger partial charge < -0.3 is 10.6 Å². The maximum atomic E-state index is 12.0. The summed E-state index contributed by atoms with van der Waals surface area (Å²) in [5.41, 5.74) is 8.89. The Morgan fingerprint density at radius 1 is 1.56 bits per heavy atom. The van der Waals surface area contributed by atoms with Crippen LogP contribution in [0.1, 0.15) is 42.8 Å². The first-order valence-electron chi connectivity index (χ1n) is 6.10. The van der Waals surface area contributed by atoms with Gasteiger partial charge in [-0.3, -0.25) is 9.89 Å². The highest BCUT2D eigenvalue weighted by Crippen LogP contribution is 2.34. The summed E-state index contributed by atoms with van der Waals surface area (Å²) >= 11 is 0. The number of nitrogens with zero attached hydrogens (tertiary/aromatic N) is 2. The van der Waals surface area contributed by atoms with E-state index in [1.807, 2.05) is 18.7 Å². The molecule has 2 rings (SSSR count). The largest absolute Gasteiger partial charge is 0.334 e. The molecule has 0 bridgehead atoms. The van der Waals surface area contributed by atoms with E-state index in [4.69, 9.17) is 5.73 Å². The molecule has 1 fully saturated rings. The third kappa shape index (κ3) is 2.52. The van der Waals surface area contributed by atoms with Crippen LogP contribution in [-0.4, -0.2) is 33.6 Å². The molecule has 2 unspecified atom stereocenters. The van der Waals surface area contributed by atoms with Gasteiger partial charge >= 0.3 is 0 Å². The van der Waals surface area contributed by atoms with Gasteiger partial charge in [0.15, 0.2) is 0 Å². The van der Waals surface area contributed by atoms with Crippen molar-refractivity contribution >= 4 is 18.3 Å². The molecule has 2 atom stereocenters. The highest BCUT2D eigenvalue weighted by atomic mass is 35.5. The van der Waals surface area contributed by atoms with Crippen LogP contribution >= 0.6 is 12.4 Å². The number of carbonyl (C=O) groups excluding carboxylic acids is 1. The van der Waals surface area contributed by atoms with Gasteiger partial charge in [0, 0.05) is 17.8 Å². The number of aryl methyl sites for hydroxylation is 2. The SMILES string of the molecule is Cc1n[nH]c(C)c1C1CCCN1C(=O)C(C)N.Cl. The Morgan fingerprint density at radius 3 is 2.72 bits per heavy atom. The number of carbonyl (C=O) groups is 1. The fourth-order valence-corrected chi connectivity index (χ4v) is 2.64. The number of rotatable bonds is 2. The van der Waals surface area contributed by atoms with Crippen LogP contribution < -0.4 is 5.73 Å². The van der Waals surface area contributed by atoms with Crippen LogP contribution in [0, 0.1) is 13.8 Å². The minimum Gasteiger partial charge on any atom is -0.334 e. The number of aromatic nitrogens is 2. The molecule has 1 aliphatic rings. The molecule has 0 aliphatic carbocycles. The number of halogens is 1. The second kappa shape index (κ2) is 5.71. The standard InChI is InChI=1S/C12H20N4O.ClH/c1-7(13)12(17)16-6-4-5-10(16)11-8(2)14-15-9(11)3;/h7,10H,4-6,13H2,1-3H3,(H,14,15);1H. The molecule has 102 valence electrons. The van der Waals surface area contributed by atoms with Crippen LogP contribution in [0.15, 0.2) is 0 Å². The lowest BCUT2D eigenvalue weighted by molar-refractivity contribution is -0.133. The Bertz CT molecular complexity index is 410. The van der Waals surface area contributed by atoms with E-state index < -0.39 is 6.04 Å². The van der Waals surface area contributed by atoms with Gasteiger partial charge in [0.2, 0.25) is 5.91 Å². The van der Waals surface area contributed by atoms with Gasteiger partial charge in [0.1, 0.15) is 0 Å². The lowest BCUT2D eigenvalue weighted by atomic mass is 10.0. The Balaban J connectivity index is 0.00000162. The fourth-order valence-electron chi connectivity index (χ4n) is 2.64. The third-order valence-electron chi connectivity index (χ3n) is 3.44. The summed E-state index contributed by atoms with van der Waals surface area (Å²) in [7, 11) is 0. The average molecular weight is 273 g/mol. The van der Waals surface area contributed by atoms with Crippen molar-refractivity contribution in [2.45, 2.75) is 45.7 Å². The lowest BCUT2D eigenvalue weighted by Crippen LogP contribution is -2.41. The van der Waals surface area contributed by atoms with Crippen molar-refractivity contribution in [3.8, 4) is 0 Å². The van der Waals surface area contributed by atoms with Gasteiger partial charge in [-0.1, -0.05) is 0 Å². The second-order valence-corrected chi connectivity index (χ2v) is 4.83. The Morgan fingerprint density at radius 2 is 2.22 bits per heavy atom. The van der Waals surface area contributed by atoms with Crippen LogP contribution in [0.25, 0.3) is 0 Å². The number of amides is 1. The highest BCUT2D eigenvalue weighted by molar-refractivity contribution is 5.85. The van der Waals surface area contributed by atoms with Crippen molar-refractivity contribution in [1.82, 2.24) is 15.1 Å². The molecule has 6 heteroatoms. The van der Waals surface area contributed by atoms with Crippen LogP contribution in [0.5, 0.6) is 0 Å². The van der Waals surface area contributed by atoms with E-state index in [0.29, 0.717) is 0 Å². The van der Waals surface area contributed by atoms with Crippen molar-refractivity contribution in [3.63, 3.8) is 0 Å². The number of nitrogens with two attached hydrogens (primary N) is 1. The number of hydrogen-bond donors (Lipinski definition) is 2. The topological polar surface area (TPSA) is 75.0 Å². The highest BCUT2D eigenvalue weighted by Gasteiger charge is 2.33. The molecule has 5 nitrogen and oxygen atoms in total. The summed E-state index contributed by atoms with van der Waals surface area (Å²) in [5, 5.41) is 7.19. The zero-order valence-electron chi connectivity index (χ0n) is 11.1. The number of hydrogen-bond acceptors (Lipinski definition) is 3. The molecule has 1 aromatic rings.